The second kappa shape index (κ2) is 7.99. The molecule has 0 bridgehead atoms. The first-order valence-electron chi connectivity index (χ1n) is 8.22. The van der Waals surface area contributed by atoms with E-state index in [1.807, 2.05) is 0 Å². The lowest BCUT2D eigenvalue weighted by molar-refractivity contribution is -0.139. The van der Waals surface area contributed by atoms with E-state index in [-0.39, 0.29) is 5.92 Å². The second-order valence-corrected chi connectivity index (χ2v) is 6.55. The summed E-state index contributed by atoms with van der Waals surface area (Å²) in [7, 11) is 1.75. The van der Waals surface area contributed by atoms with Crippen molar-refractivity contribution >= 4 is 5.91 Å². The standard InChI is InChI=1S/C16H30N2O2/c1-20-12-14-5-3-9-18(11-14)16(19)15-6-2-4-13(10-15)7-8-17/h13-15H,2-12,17H2,1H3. The highest BCUT2D eigenvalue weighted by Crippen LogP contribution is 2.33. The molecule has 2 aliphatic rings. The number of hydrogen-bond acceptors (Lipinski definition) is 3. The summed E-state index contributed by atoms with van der Waals surface area (Å²) in [4.78, 5) is 14.8. The molecule has 4 heteroatoms. The quantitative estimate of drug-likeness (QED) is 0.839. The van der Waals surface area contributed by atoms with Gasteiger partial charge in [0.25, 0.3) is 0 Å². The van der Waals surface area contributed by atoms with Gasteiger partial charge in [0.15, 0.2) is 0 Å². The van der Waals surface area contributed by atoms with Crippen molar-refractivity contribution in [1.29, 1.82) is 0 Å². The van der Waals surface area contributed by atoms with Gasteiger partial charge in [0, 0.05) is 26.1 Å². The SMILES string of the molecule is COCC1CCCN(C(=O)C2CCCC(CCN)C2)C1. The van der Waals surface area contributed by atoms with Gasteiger partial charge in [-0.1, -0.05) is 12.8 Å². The molecule has 20 heavy (non-hydrogen) atoms. The summed E-state index contributed by atoms with van der Waals surface area (Å²) in [5, 5.41) is 0. The van der Waals surface area contributed by atoms with Gasteiger partial charge in [0.1, 0.15) is 0 Å². The lowest BCUT2D eigenvalue weighted by Gasteiger charge is -2.37. The van der Waals surface area contributed by atoms with Gasteiger partial charge in [0.05, 0.1) is 6.61 Å². The minimum atomic E-state index is 0.251. The number of nitrogens with two attached hydrogens (primary N) is 1. The third-order valence-electron chi connectivity index (χ3n) is 4.94. The Bertz CT molecular complexity index is 277. The molecule has 0 aromatic heterocycles. The van der Waals surface area contributed by atoms with E-state index in [1.165, 1.54) is 19.3 Å². The van der Waals surface area contributed by atoms with Crippen molar-refractivity contribution in [3.63, 3.8) is 0 Å². The van der Waals surface area contributed by atoms with Gasteiger partial charge < -0.3 is 15.4 Å². The minimum Gasteiger partial charge on any atom is -0.384 e. The summed E-state index contributed by atoms with van der Waals surface area (Å²) in [5.74, 6) is 1.84. The van der Waals surface area contributed by atoms with E-state index in [2.05, 4.69) is 4.90 Å². The Labute approximate surface area is 123 Å². The number of carbonyl (C=O) groups excluding carboxylic acids is 1. The molecular weight excluding hydrogens is 252 g/mol. The first-order valence-corrected chi connectivity index (χ1v) is 8.22. The zero-order valence-corrected chi connectivity index (χ0v) is 12.9. The number of methoxy groups -OCH3 is 1. The van der Waals surface area contributed by atoms with Crippen LogP contribution in [0.2, 0.25) is 0 Å². The maximum absolute atomic E-state index is 12.7. The van der Waals surface area contributed by atoms with Gasteiger partial charge in [0.2, 0.25) is 5.91 Å². The first kappa shape index (κ1) is 15.8. The van der Waals surface area contributed by atoms with Gasteiger partial charge in [-0.2, -0.15) is 0 Å². The number of rotatable bonds is 5. The molecule has 2 fully saturated rings. The molecule has 2 rings (SSSR count). The third kappa shape index (κ3) is 4.19. The highest BCUT2D eigenvalue weighted by atomic mass is 16.5. The van der Waals surface area contributed by atoms with Crippen molar-refractivity contribution in [2.45, 2.75) is 44.9 Å². The number of piperidine rings is 1. The average Bonchev–Trinajstić information content (AvgIpc) is 2.48. The fraction of sp³-hybridized carbons (Fsp3) is 0.938. The maximum atomic E-state index is 12.7. The van der Waals surface area contributed by atoms with Gasteiger partial charge in [-0.25, -0.2) is 0 Å². The number of carbonyl (C=O) groups is 1. The van der Waals surface area contributed by atoms with Gasteiger partial charge in [-0.15, -0.1) is 0 Å². The Hall–Kier alpha value is -0.610. The van der Waals surface area contributed by atoms with Crippen LogP contribution in [0, 0.1) is 17.8 Å². The summed E-state index contributed by atoms with van der Waals surface area (Å²) < 4.78 is 5.25. The Kier molecular flexibility index (Phi) is 6.30. The number of likely N-dealkylation sites (tertiary alicyclic amines) is 1. The van der Waals surface area contributed by atoms with Crippen molar-refractivity contribution < 1.29 is 9.53 Å². The number of hydrogen-bond donors (Lipinski definition) is 1. The summed E-state index contributed by atoms with van der Waals surface area (Å²) in [5.41, 5.74) is 5.67. The highest BCUT2D eigenvalue weighted by molar-refractivity contribution is 5.79. The Morgan fingerprint density at radius 2 is 2.05 bits per heavy atom. The minimum absolute atomic E-state index is 0.251. The maximum Gasteiger partial charge on any atom is 0.225 e. The molecule has 1 heterocycles. The van der Waals surface area contributed by atoms with Gasteiger partial charge in [-0.3, -0.25) is 4.79 Å². The summed E-state index contributed by atoms with van der Waals surface area (Å²) in [6, 6.07) is 0. The molecule has 1 saturated heterocycles. The van der Waals surface area contributed by atoms with Crippen molar-refractivity contribution in [1.82, 2.24) is 4.90 Å². The van der Waals surface area contributed by atoms with E-state index in [1.54, 1.807) is 7.11 Å². The Morgan fingerprint density at radius 3 is 2.80 bits per heavy atom. The van der Waals surface area contributed by atoms with Crippen LogP contribution in [0.5, 0.6) is 0 Å². The van der Waals surface area contributed by atoms with E-state index >= 15 is 0 Å². The highest BCUT2D eigenvalue weighted by Gasteiger charge is 2.32. The van der Waals surface area contributed by atoms with Crippen LogP contribution in [0.25, 0.3) is 0 Å². The van der Waals surface area contributed by atoms with Crippen molar-refractivity contribution in [3.8, 4) is 0 Å². The average molecular weight is 282 g/mol. The Morgan fingerprint density at radius 1 is 1.25 bits per heavy atom. The van der Waals surface area contributed by atoms with Gasteiger partial charge in [-0.05, 0) is 50.5 Å². The number of amides is 1. The zero-order chi connectivity index (χ0) is 14.4. The molecule has 1 amide bonds. The fourth-order valence-electron chi connectivity index (χ4n) is 3.91. The first-order chi connectivity index (χ1) is 9.74. The van der Waals surface area contributed by atoms with Crippen LogP contribution in [-0.2, 0) is 9.53 Å². The third-order valence-corrected chi connectivity index (χ3v) is 4.94. The molecule has 4 nitrogen and oxygen atoms in total. The van der Waals surface area contributed by atoms with Crippen LogP contribution in [-0.4, -0.2) is 44.2 Å². The monoisotopic (exact) mass is 282 g/mol. The van der Waals surface area contributed by atoms with Crippen LogP contribution in [0.3, 0.4) is 0 Å². The van der Waals surface area contributed by atoms with Crippen molar-refractivity contribution in [2.75, 3.05) is 33.4 Å². The lowest BCUT2D eigenvalue weighted by atomic mass is 9.79. The smallest absolute Gasteiger partial charge is 0.225 e. The summed E-state index contributed by atoms with van der Waals surface area (Å²) in [6.45, 7) is 3.37. The molecule has 1 aliphatic carbocycles. The Balaban J connectivity index is 1.86. The summed E-state index contributed by atoms with van der Waals surface area (Å²) >= 11 is 0. The zero-order valence-electron chi connectivity index (χ0n) is 12.9. The topological polar surface area (TPSA) is 55.6 Å². The predicted octanol–water partition coefficient (Wildman–Crippen LogP) is 2.03. The molecular formula is C16H30N2O2. The van der Waals surface area contributed by atoms with Crippen LogP contribution in [0.15, 0.2) is 0 Å². The van der Waals surface area contributed by atoms with E-state index in [4.69, 9.17) is 10.5 Å². The molecule has 0 spiro atoms. The predicted molar refractivity (Wildman–Crippen MR) is 80.3 cm³/mol. The number of nitrogens with zero attached hydrogens (tertiary/aromatic N) is 1. The molecule has 0 aromatic rings. The molecule has 1 aliphatic heterocycles. The summed E-state index contributed by atoms with van der Waals surface area (Å²) in [6.07, 6.45) is 7.98. The molecule has 3 atom stereocenters. The normalized spacial score (nSPS) is 31.3. The van der Waals surface area contributed by atoms with Crippen molar-refractivity contribution in [3.05, 3.63) is 0 Å². The molecule has 0 radical (unpaired) electrons. The molecule has 116 valence electrons. The lowest BCUT2D eigenvalue weighted by Crippen LogP contribution is -2.45. The van der Waals surface area contributed by atoms with Crippen LogP contribution < -0.4 is 5.73 Å². The molecule has 1 saturated carbocycles. The second-order valence-electron chi connectivity index (χ2n) is 6.55. The largest absolute Gasteiger partial charge is 0.384 e. The van der Waals surface area contributed by atoms with Crippen LogP contribution >= 0.6 is 0 Å². The fourth-order valence-corrected chi connectivity index (χ4v) is 3.91. The van der Waals surface area contributed by atoms with E-state index in [9.17, 15) is 4.79 Å². The molecule has 2 N–H and O–H groups in total. The molecule has 3 unspecified atom stereocenters. The van der Waals surface area contributed by atoms with Gasteiger partial charge >= 0.3 is 0 Å². The number of ether oxygens (including phenoxy) is 1. The molecule has 0 aromatic carbocycles. The van der Waals surface area contributed by atoms with Crippen LogP contribution in [0.4, 0.5) is 0 Å². The van der Waals surface area contributed by atoms with E-state index in [0.717, 1.165) is 51.9 Å². The van der Waals surface area contributed by atoms with E-state index in [0.29, 0.717) is 17.7 Å². The van der Waals surface area contributed by atoms with Crippen LogP contribution in [0.1, 0.15) is 44.9 Å². The van der Waals surface area contributed by atoms with E-state index < -0.39 is 0 Å². The van der Waals surface area contributed by atoms with Crippen molar-refractivity contribution in [2.24, 2.45) is 23.5 Å².